The first-order valence-corrected chi connectivity index (χ1v) is 8.22. The number of benzene rings is 1. The molecule has 0 aliphatic heterocycles. The number of likely N-dealkylation sites (N-methyl/N-ethyl adjacent to an activating group) is 1. The van der Waals surface area contributed by atoms with Crippen LogP contribution in [0.2, 0.25) is 0 Å². The first kappa shape index (κ1) is 13.8. The first-order chi connectivity index (χ1) is 10.6. The summed E-state index contributed by atoms with van der Waals surface area (Å²) < 4.78 is 0. The quantitative estimate of drug-likeness (QED) is 0.915. The number of aromatic amines is 1. The van der Waals surface area contributed by atoms with Gasteiger partial charge in [-0.1, -0.05) is 0 Å². The average molecular weight is 297 g/mol. The Bertz CT molecular complexity index is 727. The van der Waals surface area contributed by atoms with Gasteiger partial charge in [0, 0.05) is 34.2 Å². The standard InChI is InChI=1S/C18H23N3O/c1-21(2)13-6-8-17-15(10-13)14-9-12(5-7-16(14)20-17)19-18(22)11-3-4-11/h5,7,9,11,13,20H,3-4,6,8,10H2,1-2H3,(H,19,22). The van der Waals surface area contributed by atoms with Gasteiger partial charge in [-0.3, -0.25) is 4.79 Å². The molecule has 1 unspecified atom stereocenters. The third-order valence-corrected chi connectivity index (χ3v) is 5.11. The van der Waals surface area contributed by atoms with Crippen LogP contribution in [0.4, 0.5) is 5.69 Å². The fourth-order valence-electron chi connectivity index (χ4n) is 3.51. The van der Waals surface area contributed by atoms with Gasteiger partial charge in [-0.25, -0.2) is 0 Å². The Morgan fingerprint density at radius 2 is 2.09 bits per heavy atom. The molecule has 2 N–H and O–H groups in total. The van der Waals surface area contributed by atoms with Gasteiger partial charge >= 0.3 is 0 Å². The van der Waals surface area contributed by atoms with Crippen LogP contribution in [0.1, 0.15) is 30.5 Å². The molecule has 1 atom stereocenters. The molecule has 1 amide bonds. The second kappa shape index (κ2) is 5.13. The molecule has 1 fully saturated rings. The van der Waals surface area contributed by atoms with Crippen molar-refractivity contribution in [1.82, 2.24) is 9.88 Å². The van der Waals surface area contributed by atoms with Crippen molar-refractivity contribution in [3.8, 4) is 0 Å². The lowest BCUT2D eigenvalue weighted by atomic mass is 9.91. The molecule has 1 aromatic carbocycles. The molecule has 1 heterocycles. The van der Waals surface area contributed by atoms with Gasteiger partial charge in [0.15, 0.2) is 0 Å². The third kappa shape index (κ3) is 2.41. The average Bonchev–Trinajstić information content (AvgIpc) is 3.29. The number of H-pyrrole nitrogens is 1. The predicted octanol–water partition coefficient (Wildman–Crippen LogP) is 2.94. The third-order valence-electron chi connectivity index (χ3n) is 5.11. The summed E-state index contributed by atoms with van der Waals surface area (Å²) in [5, 5.41) is 4.34. The Hall–Kier alpha value is -1.81. The highest BCUT2D eigenvalue weighted by Crippen LogP contribution is 2.33. The highest BCUT2D eigenvalue weighted by Gasteiger charge is 2.30. The van der Waals surface area contributed by atoms with Crippen LogP contribution in [0.25, 0.3) is 10.9 Å². The Balaban J connectivity index is 1.66. The molecule has 1 saturated carbocycles. The van der Waals surface area contributed by atoms with E-state index in [0.717, 1.165) is 31.4 Å². The Morgan fingerprint density at radius 3 is 2.82 bits per heavy atom. The topological polar surface area (TPSA) is 48.1 Å². The van der Waals surface area contributed by atoms with E-state index in [4.69, 9.17) is 0 Å². The van der Waals surface area contributed by atoms with E-state index in [2.05, 4.69) is 41.4 Å². The van der Waals surface area contributed by atoms with Crippen LogP contribution in [0.5, 0.6) is 0 Å². The van der Waals surface area contributed by atoms with Crippen molar-refractivity contribution in [3.63, 3.8) is 0 Å². The first-order valence-electron chi connectivity index (χ1n) is 8.22. The van der Waals surface area contributed by atoms with E-state index in [1.165, 1.54) is 28.6 Å². The van der Waals surface area contributed by atoms with Gasteiger partial charge in [0.2, 0.25) is 5.91 Å². The predicted molar refractivity (Wildman–Crippen MR) is 89.2 cm³/mol. The number of fused-ring (bicyclic) bond motifs is 3. The molecule has 2 aliphatic carbocycles. The molecule has 0 spiro atoms. The number of aryl methyl sites for hydroxylation is 1. The molecule has 4 heteroatoms. The van der Waals surface area contributed by atoms with Crippen molar-refractivity contribution in [2.24, 2.45) is 5.92 Å². The number of hydrogen-bond donors (Lipinski definition) is 2. The van der Waals surface area contributed by atoms with Gasteiger partial charge in [0.1, 0.15) is 0 Å². The van der Waals surface area contributed by atoms with E-state index >= 15 is 0 Å². The molecule has 0 radical (unpaired) electrons. The summed E-state index contributed by atoms with van der Waals surface area (Å²) in [7, 11) is 4.32. The summed E-state index contributed by atoms with van der Waals surface area (Å²) in [5.41, 5.74) is 4.92. The fraction of sp³-hybridized carbons (Fsp3) is 0.500. The summed E-state index contributed by atoms with van der Waals surface area (Å²) in [4.78, 5) is 17.8. The number of anilines is 1. The number of hydrogen-bond acceptors (Lipinski definition) is 2. The van der Waals surface area contributed by atoms with E-state index in [1.807, 2.05) is 6.07 Å². The van der Waals surface area contributed by atoms with Crippen LogP contribution in [0, 0.1) is 5.92 Å². The molecular formula is C18H23N3O. The summed E-state index contributed by atoms with van der Waals surface area (Å²) in [6.07, 6.45) is 5.48. The van der Waals surface area contributed by atoms with Gasteiger partial charge in [-0.15, -0.1) is 0 Å². The van der Waals surface area contributed by atoms with E-state index in [9.17, 15) is 4.79 Å². The number of rotatable bonds is 3. The lowest BCUT2D eigenvalue weighted by Gasteiger charge is -2.28. The van der Waals surface area contributed by atoms with Crippen molar-refractivity contribution < 1.29 is 4.79 Å². The smallest absolute Gasteiger partial charge is 0.227 e. The lowest BCUT2D eigenvalue weighted by molar-refractivity contribution is -0.117. The molecule has 116 valence electrons. The zero-order valence-electron chi connectivity index (χ0n) is 13.3. The van der Waals surface area contributed by atoms with Crippen molar-refractivity contribution >= 4 is 22.5 Å². The molecular weight excluding hydrogens is 274 g/mol. The van der Waals surface area contributed by atoms with Crippen LogP contribution in [-0.2, 0) is 17.6 Å². The summed E-state index contributed by atoms with van der Waals surface area (Å²) in [6, 6.07) is 6.86. The summed E-state index contributed by atoms with van der Waals surface area (Å²) >= 11 is 0. The maximum atomic E-state index is 12.0. The lowest BCUT2D eigenvalue weighted by Crippen LogP contribution is -2.33. The summed E-state index contributed by atoms with van der Waals surface area (Å²) in [6.45, 7) is 0. The number of carbonyl (C=O) groups is 1. The van der Waals surface area contributed by atoms with Crippen LogP contribution in [-0.4, -0.2) is 35.9 Å². The zero-order chi connectivity index (χ0) is 15.3. The molecule has 2 aromatic rings. The monoisotopic (exact) mass is 297 g/mol. The minimum Gasteiger partial charge on any atom is -0.358 e. The van der Waals surface area contributed by atoms with Crippen molar-refractivity contribution in [2.45, 2.75) is 38.1 Å². The minimum absolute atomic E-state index is 0.176. The van der Waals surface area contributed by atoms with Crippen molar-refractivity contribution in [3.05, 3.63) is 29.5 Å². The van der Waals surface area contributed by atoms with Crippen LogP contribution >= 0.6 is 0 Å². The minimum atomic E-state index is 0.176. The van der Waals surface area contributed by atoms with Crippen molar-refractivity contribution in [1.29, 1.82) is 0 Å². The SMILES string of the molecule is CN(C)C1CCc2[nH]c3ccc(NC(=O)C4CC4)cc3c2C1. The highest BCUT2D eigenvalue weighted by atomic mass is 16.2. The normalized spacial score (nSPS) is 21.1. The van der Waals surface area contributed by atoms with Gasteiger partial charge in [0.25, 0.3) is 0 Å². The van der Waals surface area contributed by atoms with Crippen LogP contribution in [0.15, 0.2) is 18.2 Å². The second-order valence-electron chi connectivity index (χ2n) is 6.97. The Labute approximate surface area is 130 Å². The molecule has 22 heavy (non-hydrogen) atoms. The molecule has 2 aliphatic rings. The van der Waals surface area contributed by atoms with Gasteiger partial charge in [0.05, 0.1) is 0 Å². The highest BCUT2D eigenvalue weighted by molar-refractivity contribution is 5.97. The van der Waals surface area contributed by atoms with Gasteiger partial charge < -0.3 is 15.2 Å². The molecule has 4 rings (SSSR count). The number of carbonyl (C=O) groups excluding carboxylic acids is 1. The largest absolute Gasteiger partial charge is 0.358 e. The van der Waals surface area contributed by atoms with E-state index < -0.39 is 0 Å². The molecule has 0 saturated heterocycles. The van der Waals surface area contributed by atoms with E-state index in [0.29, 0.717) is 6.04 Å². The van der Waals surface area contributed by atoms with E-state index in [-0.39, 0.29) is 11.8 Å². The van der Waals surface area contributed by atoms with Crippen LogP contribution < -0.4 is 5.32 Å². The summed E-state index contributed by atoms with van der Waals surface area (Å²) in [5.74, 6) is 0.420. The number of nitrogens with zero attached hydrogens (tertiary/aromatic N) is 1. The Kier molecular flexibility index (Phi) is 3.22. The second-order valence-corrected chi connectivity index (χ2v) is 6.97. The fourth-order valence-corrected chi connectivity index (χ4v) is 3.51. The molecule has 4 nitrogen and oxygen atoms in total. The van der Waals surface area contributed by atoms with Crippen LogP contribution in [0.3, 0.4) is 0 Å². The number of nitrogens with one attached hydrogen (secondary N) is 2. The Morgan fingerprint density at radius 1 is 1.27 bits per heavy atom. The van der Waals surface area contributed by atoms with E-state index in [1.54, 1.807) is 0 Å². The zero-order valence-corrected chi connectivity index (χ0v) is 13.3. The number of aromatic nitrogens is 1. The van der Waals surface area contributed by atoms with Crippen molar-refractivity contribution in [2.75, 3.05) is 19.4 Å². The van der Waals surface area contributed by atoms with Gasteiger partial charge in [-0.2, -0.15) is 0 Å². The maximum Gasteiger partial charge on any atom is 0.227 e. The molecule has 1 aromatic heterocycles. The molecule has 0 bridgehead atoms. The number of amides is 1. The van der Waals surface area contributed by atoms with Gasteiger partial charge in [-0.05, 0) is 70.0 Å². The maximum absolute atomic E-state index is 12.0.